The van der Waals surface area contributed by atoms with Crippen molar-refractivity contribution in [2.45, 2.75) is 74.1 Å². The molecular weight excluding hydrogens is 494 g/mol. The number of aryl methyl sites for hydroxylation is 2. The Bertz CT molecular complexity index is 1540. The van der Waals surface area contributed by atoms with Crippen molar-refractivity contribution in [3.8, 4) is 16.9 Å². The third kappa shape index (κ3) is 5.96. The quantitative estimate of drug-likeness (QED) is 0.281. The second-order valence-corrected chi connectivity index (χ2v) is 11.0. The van der Waals surface area contributed by atoms with Crippen molar-refractivity contribution in [1.82, 2.24) is 9.97 Å². The lowest BCUT2D eigenvalue weighted by molar-refractivity contribution is 0.415. The summed E-state index contributed by atoms with van der Waals surface area (Å²) < 4.78 is 5.67. The van der Waals surface area contributed by atoms with E-state index in [1.165, 1.54) is 33.4 Å². The molecular formula is C34H43N5O. The molecule has 0 aliphatic carbocycles. The molecule has 2 unspecified atom stereocenters. The second kappa shape index (κ2) is 12.1. The smallest absolute Gasteiger partial charge is 0.230 e. The molecule has 6 nitrogen and oxygen atoms in total. The molecule has 4 rings (SSSR count). The number of benzene rings is 2. The minimum absolute atomic E-state index is 0.250. The number of aromatic nitrogens is 2. The number of nitrogens with two attached hydrogens (primary N) is 1. The van der Waals surface area contributed by atoms with Crippen LogP contribution in [0.2, 0.25) is 0 Å². The van der Waals surface area contributed by atoms with Gasteiger partial charge in [-0.25, -0.2) is 9.98 Å². The Morgan fingerprint density at radius 3 is 2.38 bits per heavy atom. The second-order valence-electron chi connectivity index (χ2n) is 11.0. The maximum Gasteiger partial charge on any atom is 0.230 e. The maximum atomic E-state index is 6.52. The largest absolute Gasteiger partial charge is 0.497 e. The molecule has 3 N–H and O–H groups in total. The van der Waals surface area contributed by atoms with E-state index in [2.05, 4.69) is 95.0 Å². The number of anilines is 2. The molecule has 0 radical (unpaired) electrons. The van der Waals surface area contributed by atoms with Gasteiger partial charge in [-0.2, -0.15) is 4.98 Å². The van der Waals surface area contributed by atoms with E-state index in [4.69, 9.17) is 15.5 Å². The average Bonchev–Trinajstić information content (AvgIpc) is 2.92. The van der Waals surface area contributed by atoms with Gasteiger partial charge in [0.15, 0.2) is 0 Å². The molecule has 1 aliphatic rings. The van der Waals surface area contributed by atoms with Crippen LogP contribution in [0, 0.1) is 19.8 Å². The molecule has 6 heteroatoms. The van der Waals surface area contributed by atoms with Gasteiger partial charge in [0, 0.05) is 23.1 Å². The van der Waals surface area contributed by atoms with Crippen molar-refractivity contribution in [3.63, 3.8) is 0 Å². The predicted molar refractivity (Wildman–Crippen MR) is 170 cm³/mol. The lowest BCUT2D eigenvalue weighted by atomic mass is 9.88. The van der Waals surface area contributed by atoms with Crippen LogP contribution in [0.25, 0.3) is 22.0 Å². The van der Waals surface area contributed by atoms with E-state index >= 15 is 0 Å². The number of nitrogen functional groups attached to an aromatic ring is 1. The molecule has 2 atom stereocenters. The summed E-state index contributed by atoms with van der Waals surface area (Å²) in [4.78, 5) is 14.2. The molecule has 2 heterocycles. The molecule has 0 spiro atoms. The van der Waals surface area contributed by atoms with Crippen molar-refractivity contribution in [3.05, 3.63) is 75.6 Å². The highest BCUT2D eigenvalue weighted by Crippen LogP contribution is 2.39. The average molecular weight is 538 g/mol. The zero-order valence-electron chi connectivity index (χ0n) is 25.4. The molecule has 0 fully saturated rings. The van der Waals surface area contributed by atoms with Gasteiger partial charge in [-0.15, -0.1) is 0 Å². The molecule has 2 aromatic carbocycles. The van der Waals surface area contributed by atoms with Gasteiger partial charge in [-0.05, 0) is 92.5 Å². The topological polar surface area (TPSA) is 85.4 Å². The first-order chi connectivity index (χ1) is 19.1. The molecule has 0 bridgehead atoms. The minimum atomic E-state index is 0.250. The van der Waals surface area contributed by atoms with Gasteiger partial charge in [-0.1, -0.05) is 57.0 Å². The molecule has 0 saturated carbocycles. The highest BCUT2D eigenvalue weighted by molar-refractivity contribution is 6.01. The molecule has 0 amide bonds. The number of ether oxygens (including phenoxy) is 1. The van der Waals surface area contributed by atoms with E-state index in [9.17, 15) is 0 Å². The minimum Gasteiger partial charge on any atom is -0.497 e. The highest BCUT2D eigenvalue weighted by atomic mass is 16.5. The normalized spacial score (nSPS) is 17.6. The fourth-order valence-electron chi connectivity index (χ4n) is 5.44. The first-order valence-corrected chi connectivity index (χ1v) is 14.2. The van der Waals surface area contributed by atoms with Crippen molar-refractivity contribution < 1.29 is 4.74 Å². The molecule has 1 aromatic heterocycles. The van der Waals surface area contributed by atoms with Gasteiger partial charge >= 0.3 is 0 Å². The Kier molecular flexibility index (Phi) is 8.77. The van der Waals surface area contributed by atoms with Crippen LogP contribution in [-0.2, 0) is 0 Å². The van der Waals surface area contributed by atoms with Crippen molar-refractivity contribution in [1.29, 1.82) is 0 Å². The van der Waals surface area contributed by atoms with Gasteiger partial charge in [0.05, 0.1) is 12.6 Å². The van der Waals surface area contributed by atoms with Gasteiger partial charge in [0.2, 0.25) is 5.95 Å². The van der Waals surface area contributed by atoms with Crippen LogP contribution in [0.15, 0.2) is 64.0 Å². The zero-order chi connectivity index (χ0) is 29.1. The van der Waals surface area contributed by atoms with Crippen molar-refractivity contribution >= 4 is 28.9 Å². The zero-order valence-corrected chi connectivity index (χ0v) is 25.4. The van der Waals surface area contributed by atoms with E-state index < -0.39 is 0 Å². The number of aliphatic imine (C=N–C) groups is 1. The predicted octanol–water partition coefficient (Wildman–Crippen LogP) is 8.66. The molecule has 1 aliphatic heterocycles. The monoisotopic (exact) mass is 537 g/mol. The number of allylic oxidation sites excluding steroid dienone is 5. The van der Waals surface area contributed by atoms with Gasteiger partial charge in [0.25, 0.3) is 0 Å². The van der Waals surface area contributed by atoms with Crippen molar-refractivity contribution in [2.24, 2.45) is 10.9 Å². The number of nitrogens with zero attached hydrogens (tertiary/aromatic N) is 3. The number of rotatable bonds is 8. The van der Waals surface area contributed by atoms with Crippen LogP contribution >= 0.6 is 0 Å². The van der Waals surface area contributed by atoms with Gasteiger partial charge in [0.1, 0.15) is 17.4 Å². The van der Waals surface area contributed by atoms with Crippen molar-refractivity contribution in [2.75, 3.05) is 18.2 Å². The third-order valence-electron chi connectivity index (χ3n) is 7.99. The summed E-state index contributed by atoms with van der Waals surface area (Å²) >= 11 is 0. The lowest BCUT2D eigenvalue weighted by Crippen LogP contribution is -2.12. The first-order valence-electron chi connectivity index (χ1n) is 14.2. The van der Waals surface area contributed by atoms with E-state index in [1.54, 1.807) is 7.11 Å². The van der Waals surface area contributed by atoms with Gasteiger partial charge in [-0.3, -0.25) is 0 Å². The van der Waals surface area contributed by atoms with Crippen LogP contribution in [0.5, 0.6) is 5.75 Å². The Morgan fingerprint density at radius 1 is 1.07 bits per heavy atom. The third-order valence-corrected chi connectivity index (χ3v) is 7.99. The van der Waals surface area contributed by atoms with E-state index in [-0.39, 0.29) is 5.92 Å². The van der Waals surface area contributed by atoms with Crippen LogP contribution in [0.3, 0.4) is 0 Å². The number of fused-ring (bicyclic) bond motifs is 1. The Labute approximate surface area is 239 Å². The standard InChI is InChI=1S/C34H43N5O/c1-10-19(3)12-21(5)25-13-23(7)31(24(8)14-25)27-16-26(40-9)17-28-32(27)38-34(39-33(28)35)37-30-15-22(6)29(18-36-30)20(4)11-2/h12-18,21-22H,10-11H2,1-9H3,(H3,35,37,38,39)/b19-12+,29-20+. The number of nitrogens with one attached hydrogen (secondary N) is 1. The Balaban J connectivity index is 1.82. The molecule has 210 valence electrons. The number of methoxy groups -OCH3 is 1. The summed E-state index contributed by atoms with van der Waals surface area (Å²) in [6.45, 7) is 17.5. The van der Waals surface area contributed by atoms with Crippen LogP contribution in [0.1, 0.15) is 77.0 Å². The fraction of sp³-hybridized carbons (Fsp3) is 0.382. The van der Waals surface area contributed by atoms with Gasteiger partial charge < -0.3 is 15.8 Å². The SMILES string of the molecule is CC/C(C)=C1\C=NC(Nc2nc(N)c3cc(OC)cc(-c4c(C)cc(C(C)/C=C(\C)CC)cc4C)c3n2)=CC1C. The van der Waals surface area contributed by atoms with E-state index in [0.717, 1.165) is 46.4 Å². The summed E-state index contributed by atoms with van der Waals surface area (Å²) in [5, 5.41) is 4.07. The highest BCUT2D eigenvalue weighted by Gasteiger charge is 2.19. The summed E-state index contributed by atoms with van der Waals surface area (Å²) in [6.07, 6.45) is 8.47. The van der Waals surface area contributed by atoms with Crippen LogP contribution < -0.4 is 15.8 Å². The fourth-order valence-corrected chi connectivity index (χ4v) is 5.44. The lowest BCUT2D eigenvalue weighted by Gasteiger charge is -2.20. The summed E-state index contributed by atoms with van der Waals surface area (Å²) in [6, 6.07) is 8.52. The Morgan fingerprint density at radius 2 is 1.77 bits per heavy atom. The van der Waals surface area contributed by atoms with E-state index in [0.29, 0.717) is 17.7 Å². The molecule has 40 heavy (non-hydrogen) atoms. The molecule has 0 saturated heterocycles. The van der Waals surface area contributed by atoms with E-state index in [1.807, 2.05) is 18.3 Å². The summed E-state index contributed by atoms with van der Waals surface area (Å²) in [5.74, 6) is 2.84. The first kappa shape index (κ1) is 29.1. The molecule has 3 aromatic rings. The van der Waals surface area contributed by atoms with Crippen LogP contribution in [0.4, 0.5) is 11.8 Å². The number of hydrogen-bond donors (Lipinski definition) is 2. The number of hydrogen-bond acceptors (Lipinski definition) is 6. The summed E-state index contributed by atoms with van der Waals surface area (Å²) in [5.41, 5.74) is 17.1. The maximum absolute atomic E-state index is 6.52. The Hall–Kier alpha value is -3.93. The van der Waals surface area contributed by atoms with Crippen LogP contribution in [-0.4, -0.2) is 23.3 Å². The summed E-state index contributed by atoms with van der Waals surface area (Å²) in [7, 11) is 1.67.